The highest BCUT2D eigenvalue weighted by Gasteiger charge is 2.49. The maximum absolute atomic E-state index is 17.1. The van der Waals surface area contributed by atoms with Gasteiger partial charge in [-0.05, 0) is 66.7 Å². The molecule has 278 valence electrons. The molecule has 55 heavy (non-hydrogen) atoms. The molecule has 3 atom stereocenters. The van der Waals surface area contributed by atoms with Gasteiger partial charge in [0.25, 0.3) is 5.91 Å². The molecule has 8 rings (SSSR count). The van der Waals surface area contributed by atoms with Crippen LogP contribution in [0.1, 0.15) is 30.5 Å². The number of rotatable bonds is 8. The number of carbonyl (C=O) groups excluding carboxylic acids is 1. The molecule has 5 heterocycles. The molecule has 3 aliphatic heterocycles. The summed E-state index contributed by atoms with van der Waals surface area (Å²) in [5.74, 6) is -2.46. The second-order valence-corrected chi connectivity index (χ2v) is 14.2. The van der Waals surface area contributed by atoms with E-state index in [1.807, 2.05) is 0 Å². The summed E-state index contributed by atoms with van der Waals surface area (Å²) in [6.45, 7) is 8.92. The molecule has 3 aromatic carbocycles. The van der Waals surface area contributed by atoms with Crippen LogP contribution in [-0.2, 0) is 4.79 Å². The third-order valence-electron chi connectivity index (χ3n) is 10.9. The van der Waals surface area contributed by atoms with Crippen LogP contribution in [0, 0.1) is 23.7 Å². The quantitative estimate of drug-likeness (QED) is 0.141. The number of amides is 1. The lowest BCUT2D eigenvalue weighted by atomic mass is 9.93. The second kappa shape index (κ2) is 14.5. The Morgan fingerprint density at radius 3 is 2.78 bits per heavy atom. The Balaban J connectivity index is 1.20. The first kappa shape index (κ1) is 35.8. The number of phenolic OH excluding ortho intramolecular Hbond substituents is 1. The average Bonchev–Trinajstić information content (AvgIpc) is 3.72. The molecule has 3 saturated heterocycles. The Hall–Kier alpha value is -6.25. The van der Waals surface area contributed by atoms with E-state index in [1.165, 1.54) is 29.3 Å². The van der Waals surface area contributed by atoms with E-state index in [0.29, 0.717) is 40.3 Å². The van der Waals surface area contributed by atoms with Crippen molar-refractivity contribution in [1.29, 1.82) is 5.26 Å². The molecule has 1 amide bonds. The number of piperazine rings is 1. The van der Waals surface area contributed by atoms with Gasteiger partial charge in [0.15, 0.2) is 11.6 Å². The number of anilines is 1. The van der Waals surface area contributed by atoms with E-state index in [2.05, 4.69) is 25.8 Å². The van der Waals surface area contributed by atoms with Gasteiger partial charge < -0.3 is 24.5 Å². The van der Waals surface area contributed by atoms with E-state index in [4.69, 9.17) is 16.3 Å². The number of ether oxygens (including phenoxy) is 1. The highest BCUT2D eigenvalue weighted by molar-refractivity contribution is 6.04. The van der Waals surface area contributed by atoms with Crippen molar-refractivity contribution in [3.05, 3.63) is 101 Å². The van der Waals surface area contributed by atoms with Crippen molar-refractivity contribution in [3.63, 3.8) is 0 Å². The number of pyridine rings is 1. The molecule has 0 spiro atoms. The molecular formula is C41H35F3N8O3. The fourth-order valence-electron chi connectivity index (χ4n) is 8.37. The minimum Gasteiger partial charge on any atom is -0.508 e. The zero-order valence-electron chi connectivity index (χ0n) is 29.6. The van der Waals surface area contributed by atoms with Crippen molar-refractivity contribution in [2.45, 2.75) is 37.0 Å². The van der Waals surface area contributed by atoms with E-state index in [9.17, 15) is 19.6 Å². The standard InChI is InChI=1S/C41H35F3N8O3/c1-46-21-29-23-50(14-15-52(29)39(54)34(43)17-28-8-2-3-12-47-28)38-32-10-9-31(33-18-30(53)16-25-6-4-7-26(20-45)35(25)33)36(44)37(32)48-40(49-38)55-24-41-11-5-13-51(41)22-27(42)19-41/h2-4,6-10,12,16-18,27,29,53H,5,11,13-15,19,21-24H2/b34-17-/t27-,29+,41+/m1/s1. The number of benzene rings is 3. The Labute approximate surface area is 314 Å². The van der Waals surface area contributed by atoms with Crippen LogP contribution in [0.2, 0.25) is 0 Å². The Bertz CT molecular complexity index is 2430. The summed E-state index contributed by atoms with van der Waals surface area (Å²) >= 11 is 0. The van der Waals surface area contributed by atoms with E-state index >= 15 is 8.78 Å². The van der Waals surface area contributed by atoms with Gasteiger partial charge in [-0.25, -0.2) is 19.7 Å². The van der Waals surface area contributed by atoms with E-state index in [0.717, 1.165) is 25.5 Å². The first-order valence-electron chi connectivity index (χ1n) is 18.0. The number of hydrogen-bond acceptors (Lipinski definition) is 9. The lowest BCUT2D eigenvalue weighted by Crippen LogP contribution is -2.56. The molecule has 0 saturated carbocycles. The predicted octanol–water partition coefficient (Wildman–Crippen LogP) is 6.46. The number of halogens is 3. The molecule has 0 aliphatic carbocycles. The Morgan fingerprint density at radius 2 is 1.98 bits per heavy atom. The minimum atomic E-state index is -1.01. The summed E-state index contributed by atoms with van der Waals surface area (Å²) in [4.78, 5) is 35.5. The maximum atomic E-state index is 17.1. The number of alkyl halides is 1. The third-order valence-corrected chi connectivity index (χ3v) is 10.9. The molecule has 3 fully saturated rings. The lowest BCUT2D eigenvalue weighted by Gasteiger charge is -2.40. The summed E-state index contributed by atoms with van der Waals surface area (Å²) in [5.41, 5.74) is 0.319. The van der Waals surface area contributed by atoms with E-state index in [1.54, 1.807) is 47.4 Å². The van der Waals surface area contributed by atoms with Gasteiger partial charge in [0.05, 0.1) is 22.9 Å². The first-order chi connectivity index (χ1) is 26.7. The molecule has 5 aromatic rings. The van der Waals surface area contributed by atoms with Gasteiger partial charge in [-0.15, -0.1) is 0 Å². The smallest absolute Gasteiger partial charge is 0.319 e. The number of aromatic hydroxyl groups is 1. The summed E-state index contributed by atoms with van der Waals surface area (Å²) in [5, 5.41) is 21.9. The summed E-state index contributed by atoms with van der Waals surface area (Å²) in [6, 6.07) is 17.3. The van der Waals surface area contributed by atoms with E-state index < -0.39 is 35.3 Å². The SMILES string of the molecule is [C-]#[N+]C[C@H]1CN(c2nc(OC[C@@]34CCCN3C[C@H](F)C4)nc3c(F)c(-c4cc(O)cc5cccc(C#N)c45)ccc23)CCN1C(=O)/C(F)=C/c1ccccn1. The Morgan fingerprint density at radius 1 is 1.11 bits per heavy atom. The van der Waals surface area contributed by atoms with Crippen LogP contribution in [0.5, 0.6) is 11.8 Å². The van der Waals surface area contributed by atoms with Crippen molar-refractivity contribution < 1.29 is 27.8 Å². The maximum Gasteiger partial charge on any atom is 0.319 e. The van der Waals surface area contributed by atoms with Crippen molar-refractivity contribution in [2.24, 2.45) is 0 Å². The van der Waals surface area contributed by atoms with Crippen LogP contribution in [0.3, 0.4) is 0 Å². The Kier molecular flexibility index (Phi) is 9.45. The second-order valence-electron chi connectivity index (χ2n) is 14.2. The molecular weight excluding hydrogens is 709 g/mol. The molecule has 1 N–H and O–H groups in total. The number of aromatic nitrogens is 3. The lowest BCUT2D eigenvalue weighted by molar-refractivity contribution is -0.130. The van der Waals surface area contributed by atoms with Crippen molar-refractivity contribution in [3.8, 4) is 29.0 Å². The number of fused-ring (bicyclic) bond motifs is 3. The highest BCUT2D eigenvalue weighted by atomic mass is 19.1. The topological polar surface area (TPSA) is 123 Å². The molecule has 0 unspecified atom stereocenters. The van der Waals surface area contributed by atoms with Gasteiger partial charge in [-0.3, -0.25) is 14.7 Å². The monoisotopic (exact) mass is 744 g/mol. The highest BCUT2D eigenvalue weighted by Crippen LogP contribution is 2.42. The number of phenols is 1. The summed E-state index contributed by atoms with van der Waals surface area (Å²) < 4.78 is 53.2. The molecule has 2 aromatic heterocycles. The number of hydrogen-bond donors (Lipinski definition) is 1. The largest absolute Gasteiger partial charge is 0.508 e. The summed E-state index contributed by atoms with van der Waals surface area (Å²) in [7, 11) is 0. The van der Waals surface area contributed by atoms with Crippen molar-refractivity contribution in [1.82, 2.24) is 24.8 Å². The molecule has 0 radical (unpaired) electrons. The van der Waals surface area contributed by atoms with E-state index in [-0.39, 0.29) is 67.1 Å². The van der Waals surface area contributed by atoms with Gasteiger partial charge in [0, 0.05) is 61.2 Å². The van der Waals surface area contributed by atoms with Crippen molar-refractivity contribution >= 4 is 39.5 Å². The number of carbonyl (C=O) groups is 1. The molecule has 0 bridgehead atoms. The zero-order chi connectivity index (χ0) is 38.3. The van der Waals surface area contributed by atoms with Crippen LogP contribution >= 0.6 is 0 Å². The summed E-state index contributed by atoms with van der Waals surface area (Å²) in [6.07, 6.45) is 3.49. The number of nitriles is 1. The predicted molar refractivity (Wildman–Crippen MR) is 200 cm³/mol. The minimum absolute atomic E-state index is 0.0347. The number of nitrogens with zero attached hydrogens (tertiary/aromatic N) is 8. The fraction of sp³-hybridized carbons (Fsp3) is 0.317. The van der Waals surface area contributed by atoms with Crippen molar-refractivity contribution in [2.75, 3.05) is 50.8 Å². The molecule has 11 nitrogen and oxygen atoms in total. The zero-order valence-corrected chi connectivity index (χ0v) is 29.6. The van der Waals surface area contributed by atoms with Gasteiger partial charge in [0.2, 0.25) is 6.54 Å². The first-order valence-corrected chi connectivity index (χ1v) is 18.0. The van der Waals surface area contributed by atoms with Crippen LogP contribution in [0.15, 0.2) is 72.7 Å². The van der Waals surface area contributed by atoms with Crippen LogP contribution in [0.4, 0.5) is 19.0 Å². The average molecular weight is 745 g/mol. The van der Waals surface area contributed by atoms with Crippen LogP contribution in [-0.4, -0.2) is 99.4 Å². The van der Waals surface area contributed by atoms with Gasteiger partial charge in [-0.2, -0.15) is 15.2 Å². The molecule has 14 heteroatoms. The third kappa shape index (κ3) is 6.63. The van der Waals surface area contributed by atoms with Crippen LogP contribution < -0.4 is 9.64 Å². The normalized spacial score (nSPS) is 21.4. The van der Waals surface area contributed by atoms with Gasteiger partial charge >= 0.3 is 6.01 Å². The van der Waals surface area contributed by atoms with Gasteiger partial charge in [-0.1, -0.05) is 24.3 Å². The van der Waals surface area contributed by atoms with Crippen LogP contribution in [0.25, 0.3) is 43.7 Å². The van der Waals surface area contributed by atoms with Gasteiger partial charge in [0.1, 0.15) is 35.9 Å². The fourth-order valence-corrected chi connectivity index (χ4v) is 8.37. The molecule has 3 aliphatic rings.